The standard InChI is InChI=1S/C23H26N4O3S/c1-14(2)12-21(28)25-17-7-9-18(10-8-17)26-22(29)19-6-5-11-24-23(19)31-13-20-15(3)27-30-16(20)4/h5-11,14H,12-13H2,1-4H3,(H,25,28)(H,26,29). The van der Waals surface area contributed by atoms with Crippen LogP contribution in [0, 0.1) is 19.8 Å². The van der Waals surface area contributed by atoms with Crippen molar-refractivity contribution in [1.29, 1.82) is 0 Å². The van der Waals surface area contributed by atoms with Crippen molar-refractivity contribution in [1.82, 2.24) is 10.1 Å². The van der Waals surface area contributed by atoms with Gasteiger partial charge in [0.2, 0.25) is 5.91 Å². The van der Waals surface area contributed by atoms with Crippen LogP contribution >= 0.6 is 11.8 Å². The van der Waals surface area contributed by atoms with Crippen LogP contribution in [0.3, 0.4) is 0 Å². The van der Waals surface area contributed by atoms with Gasteiger partial charge in [0.1, 0.15) is 10.8 Å². The van der Waals surface area contributed by atoms with E-state index < -0.39 is 0 Å². The molecule has 0 aliphatic carbocycles. The van der Waals surface area contributed by atoms with E-state index in [-0.39, 0.29) is 11.8 Å². The van der Waals surface area contributed by atoms with Crippen LogP contribution < -0.4 is 10.6 Å². The molecule has 0 unspecified atom stereocenters. The second-order valence-electron chi connectivity index (χ2n) is 7.63. The highest BCUT2D eigenvalue weighted by molar-refractivity contribution is 7.98. The summed E-state index contributed by atoms with van der Waals surface area (Å²) in [7, 11) is 0. The van der Waals surface area contributed by atoms with E-state index in [0.29, 0.717) is 40.1 Å². The normalized spacial score (nSPS) is 10.9. The average Bonchev–Trinajstić information content (AvgIpc) is 3.05. The predicted molar refractivity (Wildman–Crippen MR) is 122 cm³/mol. The number of amides is 2. The van der Waals surface area contributed by atoms with Crippen molar-refractivity contribution in [2.24, 2.45) is 5.92 Å². The molecule has 8 heteroatoms. The van der Waals surface area contributed by atoms with Gasteiger partial charge >= 0.3 is 0 Å². The quantitative estimate of drug-likeness (QED) is 0.468. The molecule has 2 N–H and O–H groups in total. The van der Waals surface area contributed by atoms with E-state index in [1.165, 1.54) is 11.8 Å². The molecule has 3 aromatic rings. The fourth-order valence-electron chi connectivity index (χ4n) is 2.95. The maximum absolute atomic E-state index is 12.8. The maximum Gasteiger partial charge on any atom is 0.258 e. The lowest BCUT2D eigenvalue weighted by Gasteiger charge is -2.11. The summed E-state index contributed by atoms with van der Waals surface area (Å²) in [6, 6.07) is 10.5. The lowest BCUT2D eigenvalue weighted by Crippen LogP contribution is -2.15. The monoisotopic (exact) mass is 438 g/mol. The van der Waals surface area contributed by atoms with Crippen LogP contribution in [0.15, 0.2) is 52.1 Å². The first-order chi connectivity index (χ1) is 14.8. The maximum atomic E-state index is 12.8. The van der Waals surface area contributed by atoms with E-state index in [4.69, 9.17) is 4.52 Å². The Morgan fingerprint density at radius 3 is 2.35 bits per heavy atom. The van der Waals surface area contributed by atoms with E-state index in [9.17, 15) is 9.59 Å². The zero-order chi connectivity index (χ0) is 22.4. The number of aryl methyl sites for hydroxylation is 2. The lowest BCUT2D eigenvalue weighted by atomic mass is 10.1. The topological polar surface area (TPSA) is 97.1 Å². The van der Waals surface area contributed by atoms with Gasteiger partial charge < -0.3 is 15.2 Å². The molecule has 0 aliphatic heterocycles. The number of hydrogen-bond donors (Lipinski definition) is 2. The summed E-state index contributed by atoms with van der Waals surface area (Å²) in [6.45, 7) is 7.76. The van der Waals surface area contributed by atoms with Crippen molar-refractivity contribution >= 4 is 35.0 Å². The predicted octanol–water partition coefficient (Wildman–Crippen LogP) is 5.22. The third-order valence-corrected chi connectivity index (χ3v) is 5.60. The van der Waals surface area contributed by atoms with E-state index in [1.54, 1.807) is 42.6 Å². The number of carbonyl (C=O) groups is 2. The van der Waals surface area contributed by atoms with Gasteiger partial charge in [-0.05, 0) is 56.2 Å². The number of hydrogen-bond acceptors (Lipinski definition) is 6. The first-order valence-corrected chi connectivity index (χ1v) is 11.0. The minimum absolute atomic E-state index is 0.0258. The van der Waals surface area contributed by atoms with Crippen molar-refractivity contribution in [2.45, 2.75) is 44.9 Å². The number of nitrogens with zero attached hydrogens (tertiary/aromatic N) is 2. The lowest BCUT2D eigenvalue weighted by molar-refractivity contribution is -0.116. The fraction of sp³-hybridized carbons (Fsp3) is 0.304. The van der Waals surface area contributed by atoms with Crippen LogP contribution in [0.25, 0.3) is 0 Å². The highest BCUT2D eigenvalue weighted by Crippen LogP contribution is 2.27. The molecule has 2 amide bonds. The van der Waals surface area contributed by atoms with Crippen LogP contribution in [-0.4, -0.2) is 22.0 Å². The Balaban J connectivity index is 1.65. The van der Waals surface area contributed by atoms with Gasteiger partial charge in [-0.25, -0.2) is 4.98 Å². The Morgan fingerprint density at radius 2 is 1.74 bits per heavy atom. The summed E-state index contributed by atoms with van der Waals surface area (Å²) in [5, 5.41) is 10.4. The fourth-order valence-corrected chi connectivity index (χ4v) is 4.09. The average molecular weight is 439 g/mol. The van der Waals surface area contributed by atoms with Crippen molar-refractivity contribution in [2.75, 3.05) is 10.6 Å². The summed E-state index contributed by atoms with van der Waals surface area (Å²) in [5.74, 6) is 1.41. The molecule has 31 heavy (non-hydrogen) atoms. The molecule has 162 valence electrons. The van der Waals surface area contributed by atoms with Crippen LogP contribution in [-0.2, 0) is 10.5 Å². The van der Waals surface area contributed by atoms with Crippen LogP contribution in [0.5, 0.6) is 0 Å². The molecule has 2 heterocycles. The third kappa shape index (κ3) is 6.18. The van der Waals surface area contributed by atoms with Crippen molar-refractivity contribution in [3.63, 3.8) is 0 Å². The molecule has 3 rings (SSSR count). The van der Waals surface area contributed by atoms with Gasteiger partial charge in [0, 0.05) is 35.3 Å². The van der Waals surface area contributed by atoms with Crippen LogP contribution in [0.4, 0.5) is 11.4 Å². The van der Waals surface area contributed by atoms with E-state index in [1.807, 2.05) is 27.7 Å². The highest BCUT2D eigenvalue weighted by Gasteiger charge is 2.16. The summed E-state index contributed by atoms with van der Waals surface area (Å²) >= 11 is 1.47. The molecular formula is C23H26N4O3S. The number of aromatic nitrogens is 2. The molecule has 0 bridgehead atoms. The minimum atomic E-state index is -0.244. The SMILES string of the molecule is Cc1noc(C)c1CSc1ncccc1C(=O)Nc1ccc(NC(=O)CC(C)C)cc1. The largest absolute Gasteiger partial charge is 0.361 e. The summed E-state index contributed by atoms with van der Waals surface area (Å²) in [6.07, 6.45) is 2.13. The first kappa shape index (κ1) is 22.6. The van der Waals surface area contributed by atoms with Crippen LogP contribution in [0.1, 0.15) is 47.6 Å². The number of rotatable bonds is 8. The second kappa shape index (κ2) is 10.3. The van der Waals surface area contributed by atoms with Crippen LogP contribution in [0.2, 0.25) is 0 Å². The van der Waals surface area contributed by atoms with E-state index in [2.05, 4.69) is 20.8 Å². The summed E-state index contributed by atoms with van der Waals surface area (Å²) < 4.78 is 5.20. The molecule has 1 aromatic carbocycles. The zero-order valence-electron chi connectivity index (χ0n) is 18.1. The zero-order valence-corrected chi connectivity index (χ0v) is 18.9. The molecule has 2 aromatic heterocycles. The van der Waals surface area contributed by atoms with Crippen molar-refractivity contribution in [3.05, 3.63) is 65.2 Å². The van der Waals surface area contributed by atoms with Gasteiger partial charge in [0.05, 0.1) is 11.3 Å². The number of nitrogens with one attached hydrogen (secondary N) is 2. The van der Waals surface area contributed by atoms with Gasteiger partial charge in [-0.15, -0.1) is 11.8 Å². The van der Waals surface area contributed by atoms with Gasteiger partial charge in [0.15, 0.2) is 0 Å². The summed E-state index contributed by atoms with van der Waals surface area (Å²) in [5.41, 5.74) is 3.68. The number of anilines is 2. The number of pyridine rings is 1. The third-order valence-electron chi connectivity index (χ3n) is 4.57. The van der Waals surface area contributed by atoms with E-state index >= 15 is 0 Å². The van der Waals surface area contributed by atoms with Gasteiger partial charge in [-0.3, -0.25) is 9.59 Å². The molecular weight excluding hydrogens is 412 g/mol. The first-order valence-electron chi connectivity index (χ1n) is 10.0. The highest BCUT2D eigenvalue weighted by atomic mass is 32.2. The molecule has 0 radical (unpaired) electrons. The van der Waals surface area contributed by atoms with Gasteiger partial charge in [-0.1, -0.05) is 19.0 Å². The molecule has 0 spiro atoms. The molecule has 0 saturated heterocycles. The van der Waals surface area contributed by atoms with Gasteiger partial charge in [0.25, 0.3) is 5.91 Å². The Hall–Kier alpha value is -3.13. The smallest absolute Gasteiger partial charge is 0.258 e. The Bertz CT molecular complexity index is 1040. The molecule has 7 nitrogen and oxygen atoms in total. The number of benzene rings is 1. The minimum Gasteiger partial charge on any atom is -0.361 e. The summed E-state index contributed by atoms with van der Waals surface area (Å²) in [4.78, 5) is 29.1. The molecule has 0 fully saturated rings. The number of thioether (sulfide) groups is 1. The second-order valence-corrected chi connectivity index (χ2v) is 8.59. The van der Waals surface area contributed by atoms with Crippen molar-refractivity contribution in [3.8, 4) is 0 Å². The van der Waals surface area contributed by atoms with Crippen molar-refractivity contribution < 1.29 is 14.1 Å². The Kier molecular flexibility index (Phi) is 7.46. The Labute approximate surface area is 186 Å². The molecule has 0 saturated carbocycles. The molecule has 0 aliphatic rings. The molecule has 0 atom stereocenters. The number of carbonyl (C=O) groups excluding carboxylic acids is 2. The van der Waals surface area contributed by atoms with E-state index in [0.717, 1.165) is 17.0 Å². The Morgan fingerprint density at radius 1 is 1.06 bits per heavy atom. The van der Waals surface area contributed by atoms with Gasteiger partial charge in [-0.2, -0.15) is 0 Å².